The fourth-order valence-electron chi connectivity index (χ4n) is 1.47. The fraction of sp³-hybridized carbons (Fsp3) is 0.500. The van der Waals surface area contributed by atoms with Crippen LogP contribution in [0, 0.1) is 11.6 Å². The van der Waals surface area contributed by atoms with Crippen LogP contribution >= 0.6 is 11.8 Å². The van der Waals surface area contributed by atoms with Gasteiger partial charge >= 0.3 is 0 Å². The summed E-state index contributed by atoms with van der Waals surface area (Å²) >= 11 is 1.26. The lowest BCUT2D eigenvalue weighted by atomic mass is 10.2. The summed E-state index contributed by atoms with van der Waals surface area (Å²) in [6, 6.07) is 3.54. The van der Waals surface area contributed by atoms with Gasteiger partial charge in [-0.1, -0.05) is 6.92 Å². The Morgan fingerprint density at radius 1 is 1.41 bits per heavy atom. The maximum absolute atomic E-state index is 13.3. The first-order valence-electron chi connectivity index (χ1n) is 5.59. The van der Waals surface area contributed by atoms with Crippen molar-refractivity contribution >= 4 is 11.8 Å². The van der Waals surface area contributed by atoms with Crippen molar-refractivity contribution in [3.8, 4) is 0 Å². The average molecular weight is 261 g/mol. The molecule has 0 spiro atoms. The minimum Gasteiger partial charge on any atom is -0.396 e. The molecule has 0 amide bonds. The van der Waals surface area contributed by atoms with Crippen molar-refractivity contribution in [2.24, 2.45) is 0 Å². The zero-order chi connectivity index (χ0) is 12.7. The van der Waals surface area contributed by atoms with Gasteiger partial charge in [-0.15, -0.1) is 11.8 Å². The Balaban J connectivity index is 2.55. The number of hydrogen-bond donors (Lipinski definition) is 2. The molecular weight excluding hydrogens is 244 g/mol. The van der Waals surface area contributed by atoms with Crippen LogP contribution in [0.5, 0.6) is 0 Å². The van der Waals surface area contributed by atoms with Crippen molar-refractivity contribution in [3.05, 3.63) is 29.8 Å². The lowest BCUT2D eigenvalue weighted by Crippen LogP contribution is -2.32. The van der Waals surface area contributed by atoms with Gasteiger partial charge in [0.1, 0.15) is 11.6 Å². The molecule has 2 N–H and O–H groups in total. The summed E-state index contributed by atoms with van der Waals surface area (Å²) in [5.74, 6) is -0.235. The second kappa shape index (κ2) is 7.63. The molecule has 1 rings (SSSR count). The third kappa shape index (κ3) is 5.02. The molecule has 5 heteroatoms. The van der Waals surface area contributed by atoms with E-state index in [1.807, 2.05) is 6.92 Å². The van der Waals surface area contributed by atoms with Crippen LogP contribution < -0.4 is 5.32 Å². The largest absolute Gasteiger partial charge is 0.396 e. The number of rotatable bonds is 7. The smallest absolute Gasteiger partial charge is 0.136 e. The van der Waals surface area contributed by atoms with Crippen LogP contribution in [0.15, 0.2) is 23.1 Å². The molecule has 0 aliphatic rings. The van der Waals surface area contributed by atoms with E-state index in [-0.39, 0.29) is 12.6 Å². The number of hydrogen-bond acceptors (Lipinski definition) is 3. The first-order chi connectivity index (χ1) is 8.17. The van der Waals surface area contributed by atoms with Gasteiger partial charge in [-0.05, 0) is 31.2 Å². The van der Waals surface area contributed by atoms with Crippen molar-refractivity contribution in [1.29, 1.82) is 0 Å². The Labute approximate surface area is 104 Å². The van der Waals surface area contributed by atoms with Gasteiger partial charge in [-0.25, -0.2) is 8.78 Å². The number of aliphatic hydroxyl groups excluding tert-OH is 1. The van der Waals surface area contributed by atoms with Crippen LogP contribution in [0.2, 0.25) is 0 Å². The highest BCUT2D eigenvalue weighted by atomic mass is 32.2. The van der Waals surface area contributed by atoms with Crippen LogP contribution in [-0.4, -0.2) is 30.1 Å². The molecule has 0 radical (unpaired) electrons. The maximum Gasteiger partial charge on any atom is 0.136 e. The van der Waals surface area contributed by atoms with Crippen molar-refractivity contribution in [1.82, 2.24) is 5.32 Å². The zero-order valence-electron chi connectivity index (χ0n) is 9.75. The van der Waals surface area contributed by atoms with Crippen LogP contribution in [-0.2, 0) is 0 Å². The van der Waals surface area contributed by atoms with Crippen molar-refractivity contribution in [2.75, 3.05) is 18.9 Å². The zero-order valence-corrected chi connectivity index (χ0v) is 10.6. The minimum absolute atomic E-state index is 0.0872. The number of aliphatic hydroxyl groups is 1. The molecule has 1 aromatic carbocycles. The summed E-state index contributed by atoms with van der Waals surface area (Å²) in [4.78, 5) is 0.311. The van der Waals surface area contributed by atoms with Gasteiger partial charge in [0.05, 0.1) is 0 Å². The molecule has 96 valence electrons. The summed E-state index contributed by atoms with van der Waals surface area (Å²) < 4.78 is 26.3. The standard InChI is InChI=1S/C12H17F2NOS/c1-2-15-10(5-6-16)8-17-12-7-9(13)3-4-11(12)14/h3-4,7,10,15-16H,2,5-6,8H2,1H3. The topological polar surface area (TPSA) is 32.3 Å². The molecule has 0 heterocycles. The van der Waals surface area contributed by atoms with Crippen molar-refractivity contribution in [2.45, 2.75) is 24.3 Å². The highest BCUT2D eigenvalue weighted by molar-refractivity contribution is 7.99. The lowest BCUT2D eigenvalue weighted by molar-refractivity contribution is 0.271. The van der Waals surface area contributed by atoms with Crippen LogP contribution in [0.1, 0.15) is 13.3 Å². The Morgan fingerprint density at radius 3 is 2.82 bits per heavy atom. The maximum atomic E-state index is 13.3. The summed E-state index contributed by atoms with van der Waals surface area (Å²) in [6.07, 6.45) is 0.609. The summed E-state index contributed by atoms with van der Waals surface area (Å²) in [5, 5.41) is 12.1. The SMILES string of the molecule is CCNC(CCO)CSc1cc(F)ccc1F. The van der Waals surface area contributed by atoms with Crippen LogP contribution in [0.25, 0.3) is 0 Å². The molecule has 0 fully saturated rings. The third-order valence-corrected chi connectivity index (χ3v) is 3.50. The van der Waals surface area contributed by atoms with E-state index < -0.39 is 11.6 Å². The molecule has 1 unspecified atom stereocenters. The summed E-state index contributed by atoms with van der Waals surface area (Å²) in [6.45, 7) is 2.85. The van der Waals surface area contributed by atoms with Crippen molar-refractivity contribution < 1.29 is 13.9 Å². The number of benzene rings is 1. The average Bonchev–Trinajstić information content (AvgIpc) is 2.30. The second-order valence-corrected chi connectivity index (χ2v) is 4.71. The lowest BCUT2D eigenvalue weighted by Gasteiger charge is -2.16. The first kappa shape index (κ1) is 14.4. The predicted molar refractivity (Wildman–Crippen MR) is 66.2 cm³/mol. The molecule has 0 saturated heterocycles. The van der Waals surface area contributed by atoms with Crippen molar-refractivity contribution in [3.63, 3.8) is 0 Å². The Hall–Kier alpha value is -0.650. The van der Waals surface area contributed by atoms with Gasteiger partial charge < -0.3 is 10.4 Å². The molecular formula is C12H17F2NOS. The molecule has 1 atom stereocenters. The van der Waals surface area contributed by atoms with Crippen LogP contribution in [0.4, 0.5) is 8.78 Å². The quantitative estimate of drug-likeness (QED) is 0.739. The second-order valence-electron chi connectivity index (χ2n) is 3.65. The van der Waals surface area contributed by atoms with E-state index in [1.165, 1.54) is 17.8 Å². The molecule has 2 nitrogen and oxygen atoms in total. The molecule has 0 aliphatic heterocycles. The first-order valence-corrected chi connectivity index (χ1v) is 6.58. The molecule has 0 bridgehead atoms. The Morgan fingerprint density at radius 2 is 2.18 bits per heavy atom. The highest BCUT2D eigenvalue weighted by Gasteiger charge is 2.10. The molecule has 0 saturated carbocycles. The van der Waals surface area contributed by atoms with E-state index in [9.17, 15) is 8.78 Å². The Bertz CT molecular complexity index is 343. The van der Waals surface area contributed by atoms with Crippen LogP contribution in [0.3, 0.4) is 0 Å². The van der Waals surface area contributed by atoms with E-state index >= 15 is 0 Å². The summed E-state index contributed by atoms with van der Waals surface area (Å²) in [7, 11) is 0. The Kier molecular flexibility index (Phi) is 6.47. The van der Waals surface area contributed by atoms with Gasteiger partial charge in [0.2, 0.25) is 0 Å². The van der Waals surface area contributed by atoms with Gasteiger partial charge in [-0.2, -0.15) is 0 Å². The predicted octanol–water partition coefficient (Wildman–Crippen LogP) is 2.42. The van der Waals surface area contributed by atoms with Gasteiger partial charge in [0, 0.05) is 23.3 Å². The third-order valence-electron chi connectivity index (χ3n) is 2.30. The van der Waals surface area contributed by atoms with Gasteiger partial charge in [0.15, 0.2) is 0 Å². The molecule has 0 aliphatic carbocycles. The number of halogens is 2. The molecule has 0 aromatic heterocycles. The molecule has 17 heavy (non-hydrogen) atoms. The fourth-order valence-corrected chi connectivity index (χ4v) is 2.53. The van der Waals surface area contributed by atoms with E-state index in [2.05, 4.69) is 5.32 Å². The van der Waals surface area contributed by atoms with E-state index in [1.54, 1.807) is 0 Å². The van der Waals surface area contributed by atoms with Gasteiger partial charge in [0.25, 0.3) is 0 Å². The van der Waals surface area contributed by atoms with E-state index in [0.29, 0.717) is 17.1 Å². The normalized spacial score (nSPS) is 12.7. The number of thioether (sulfide) groups is 1. The van der Waals surface area contributed by atoms with E-state index in [4.69, 9.17) is 5.11 Å². The monoisotopic (exact) mass is 261 g/mol. The number of nitrogens with one attached hydrogen (secondary N) is 1. The highest BCUT2D eigenvalue weighted by Crippen LogP contribution is 2.23. The molecule has 1 aromatic rings. The minimum atomic E-state index is -0.434. The summed E-state index contributed by atoms with van der Waals surface area (Å²) in [5.41, 5.74) is 0. The van der Waals surface area contributed by atoms with E-state index in [0.717, 1.165) is 18.7 Å². The van der Waals surface area contributed by atoms with Gasteiger partial charge in [-0.3, -0.25) is 0 Å².